The smallest absolute Gasteiger partial charge is 0.326 e. The molecule has 2 rings (SSSR count). The Balaban J connectivity index is 2.29. The number of carbonyl (C=O) groups is 2. The van der Waals surface area contributed by atoms with Gasteiger partial charge in [-0.25, -0.2) is 4.79 Å². The third-order valence-corrected chi connectivity index (χ3v) is 3.91. The van der Waals surface area contributed by atoms with Gasteiger partial charge < -0.3 is 10.4 Å². The number of carboxylic acid groups (broad SMARTS) is 1. The molecule has 1 saturated carbocycles. The Kier molecular flexibility index (Phi) is 4.40. The van der Waals surface area contributed by atoms with Crippen molar-refractivity contribution in [3.63, 3.8) is 0 Å². The molecule has 124 valence electrons. The highest BCUT2D eigenvalue weighted by atomic mass is 16.6. The number of hydrogen-bond acceptors (Lipinski definition) is 4. The van der Waals surface area contributed by atoms with Crippen molar-refractivity contribution in [2.45, 2.75) is 45.1 Å². The van der Waals surface area contributed by atoms with Crippen LogP contribution in [0.4, 0.5) is 5.69 Å². The van der Waals surface area contributed by atoms with Crippen molar-refractivity contribution < 1.29 is 19.6 Å². The van der Waals surface area contributed by atoms with Gasteiger partial charge in [-0.3, -0.25) is 14.9 Å². The fraction of sp³-hybridized carbons (Fsp3) is 0.500. The highest BCUT2D eigenvalue weighted by Crippen LogP contribution is 2.34. The molecule has 1 unspecified atom stereocenters. The maximum Gasteiger partial charge on any atom is 0.326 e. The van der Waals surface area contributed by atoms with Crippen LogP contribution < -0.4 is 5.32 Å². The molecule has 2 N–H and O–H groups in total. The van der Waals surface area contributed by atoms with Crippen LogP contribution in [0.2, 0.25) is 0 Å². The number of nitrogens with zero attached hydrogens (tertiary/aromatic N) is 1. The second-order valence-corrected chi connectivity index (χ2v) is 6.87. The molecule has 0 radical (unpaired) electrons. The van der Waals surface area contributed by atoms with Crippen LogP contribution in [0, 0.1) is 16.0 Å². The highest BCUT2D eigenvalue weighted by molar-refractivity contribution is 5.97. The quantitative estimate of drug-likeness (QED) is 0.640. The summed E-state index contributed by atoms with van der Waals surface area (Å²) in [7, 11) is 0. The van der Waals surface area contributed by atoms with E-state index in [2.05, 4.69) is 5.32 Å². The van der Waals surface area contributed by atoms with E-state index in [1.54, 1.807) is 6.07 Å². The lowest BCUT2D eigenvalue weighted by Gasteiger charge is -2.19. The number of nitro benzene ring substituents is 1. The Labute approximate surface area is 133 Å². The minimum absolute atomic E-state index is 0.0553. The van der Waals surface area contributed by atoms with E-state index in [0.29, 0.717) is 5.56 Å². The molecule has 7 nitrogen and oxygen atoms in total. The summed E-state index contributed by atoms with van der Waals surface area (Å²) < 4.78 is 0. The van der Waals surface area contributed by atoms with Crippen LogP contribution in [0.1, 0.15) is 49.5 Å². The molecule has 0 heterocycles. The number of amides is 1. The zero-order chi connectivity index (χ0) is 17.4. The maximum atomic E-state index is 12.2. The minimum atomic E-state index is -1.08. The fourth-order valence-corrected chi connectivity index (χ4v) is 2.49. The first-order chi connectivity index (χ1) is 10.6. The first-order valence-corrected chi connectivity index (χ1v) is 7.44. The van der Waals surface area contributed by atoms with Gasteiger partial charge in [-0.1, -0.05) is 26.8 Å². The average molecular weight is 320 g/mol. The van der Waals surface area contributed by atoms with Crippen molar-refractivity contribution >= 4 is 17.6 Å². The Morgan fingerprint density at radius 3 is 2.39 bits per heavy atom. The molecular weight excluding hydrogens is 300 g/mol. The summed E-state index contributed by atoms with van der Waals surface area (Å²) in [5.41, 5.74) is 0.0470. The second-order valence-electron chi connectivity index (χ2n) is 6.87. The van der Waals surface area contributed by atoms with Crippen LogP contribution in [-0.2, 0) is 10.2 Å². The third-order valence-electron chi connectivity index (χ3n) is 3.91. The predicted octanol–water partition coefficient (Wildman–Crippen LogP) is 2.49. The van der Waals surface area contributed by atoms with E-state index < -0.39 is 28.3 Å². The molecule has 1 aromatic carbocycles. The highest BCUT2D eigenvalue weighted by Gasteiger charge is 2.37. The number of carboxylic acids is 1. The summed E-state index contributed by atoms with van der Waals surface area (Å²) in [5.74, 6) is -1.74. The number of aliphatic carboxylic acids is 1. The molecule has 0 aromatic heterocycles. The van der Waals surface area contributed by atoms with Crippen molar-refractivity contribution in [1.29, 1.82) is 0 Å². The minimum Gasteiger partial charge on any atom is -0.480 e. The van der Waals surface area contributed by atoms with Crippen LogP contribution >= 0.6 is 0 Å². The monoisotopic (exact) mass is 320 g/mol. The van der Waals surface area contributed by atoms with Gasteiger partial charge >= 0.3 is 5.97 Å². The van der Waals surface area contributed by atoms with Gasteiger partial charge in [0.05, 0.1) is 4.92 Å². The van der Waals surface area contributed by atoms with Gasteiger partial charge in [0, 0.05) is 17.2 Å². The number of rotatable bonds is 5. The third kappa shape index (κ3) is 3.85. The Morgan fingerprint density at radius 1 is 1.35 bits per heavy atom. The van der Waals surface area contributed by atoms with Gasteiger partial charge in [0.15, 0.2) is 0 Å². The van der Waals surface area contributed by atoms with Gasteiger partial charge in [-0.2, -0.15) is 0 Å². The van der Waals surface area contributed by atoms with Gasteiger partial charge in [-0.05, 0) is 30.2 Å². The van der Waals surface area contributed by atoms with Crippen LogP contribution in [0.5, 0.6) is 0 Å². The SMILES string of the molecule is CC(C)(C)c1ccc(C(=O)NC(C(=O)O)C2CC2)cc1[N+](=O)[O-]. The first-order valence-electron chi connectivity index (χ1n) is 7.44. The molecule has 1 aromatic rings. The molecular formula is C16H20N2O5. The molecule has 1 aliphatic rings. The van der Waals surface area contributed by atoms with Crippen LogP contribution in [0.3, 0.4) is 0 Å². The van der Waals surface area contributed by atoms with E-state index in [4.69, 9.17) is 5.11 Å². The molecule has 7 heteroatoms. The summed E-state index contributed by atoms with van der Waals surface area (Å²) in [5, 5.41) is 22.9. The summed E-state index contributed by atoms with van der Waals surface area (Å²) in [6.45, 7) is 5.55. The van der Waals surface area contributed by atoms with Gasteiger partial charge in [0.1, 0.15) is 6.04 Å². The molecule has 1 amide bonds. The second kappa shape index (κ2) is 5.98. The lowest BCUT2D eigenvalue weighted by Crippen LogP contribution is -2.42. The summed E-state index contributed by atoms with van der Waals surface area (Å²) in [6.07, 6.45) is 1.53. The zero-order valence-electron chi connectivity index (χ0n) is 13.3. The van der Waals surface area contributed by atoms with E-state index in [1.807, 2.05) is 20.8 Å². The van der Waals surface area contributed by atoms with Crippen molar-refractivity contribution in [2.75, 3.05) is 0 Å². The average Bonchev–Trinajstić information content (AvgIpc) is 3.26. The molecule has 0 saturated heterocycles. The van der Waals surface area contributed by atoms with Crippen molar-refractivity contribution in [2.24, 2.45) is 5.92 Å². The van der Waals surface area contributed by atoms with Gasteiger partial charge in [-0.15, -0.1) is 0 Å². The largest absolute Gasteiger partial charge is 0.480 e. The lowest BCUT2D eigenvalue weighted by molar-refractivity contribution is -0.386. The van der Waals surface area contributed by atoms with E-state index in [9.17, 15) is 19.7 Å². The summed E-state index contributed by atoms with van der Waals surface area (Å²) in [6, 6.07) is 3.32. The van der Waals surface area contributed by atoms with Crippen molar-refractivity contribution in [3.8, 4) is 0 Å². The zero-order valence-corrected chi connectivity index (χ0v) is 13.3. The molecule has 0 bridgehead atoms. The van der Waals surface area contributed by atoms with Gasteiger partial charge in [0.2, 0.25) is 0 Å². The van der Waals surface area contributed by atoms with E-state index in [0.717, 1.165) is 12.8 Å². The van der Waals surface area contributed by atoms with Crippen LogP contribution in [0.15, 0.2) is 18.2 Å². The predicted molar refractivity (Wildman–Crippen MR) is 83.4 cm³/mol. The molecule has 1 atom stereocenters. The Hall–Kier alpha value is -2.44. The lowest BCUT2D eigenvalue weighted by atomic mass is 9.85. The number of hydrogen-bond donors (Lipinski definition) is 2. The van der Waals surface area contributed by atoms with E-state index in [1.165, 1.54) is 12.1 Å². The van der Waals surface area contributed by atoms with Gasteiger partial charge in [0.25, 0.3) is 11.6 Å². The molecule has 0 aliphatic heterocycles. The molecule has 1 fully saturated rings. The Morgan fingerprint density at radius 2 is 1.96 bits per heavy atom. The summed E-state index contributed by atoms with van der Waals surface area (Å²) >= 11 is 0. The summed E-state index contributed by atoms with van der Waals surface area (Å²) in [4.78, 5) is 34.2. The Bertz CT molecular complexity index is 659. The normalized spacial score (nSPS) is 15.8. The molecule has 1 aliphatic carbocycles. The standard InChI is InChI=1S/C16H20N2O5/c1-16(2,3)11-7-6-10(8-12(11)18(22)23)14(19)17-13(15(20)21)9-4-5-9/h6-9,13H,4-5H2,1-3H3,(H,17,19)(H,20,21). The maximum absolute atomic E-state index is 12.2. The van der Waals surface area contributed by atoms with Crippen LogP contribution in [0.25, 0.3) is 0 Å². The molecule has 0 spiro atoms. The van der Waals surface area contributed by atoms with E-state index in [-0.39, 0.29) is 17.2 Å². The molecule has 23 heavy (non-hydrogen) atoms. The topological polar surface area (TPSA) is 110 Å². The fourth-order valence-electron chi connectivity index (χ4n) is 2.49. The number of benzene rings is 1. The first kappa shape index (κ1) is 16.9. The number of carbonyl (C=O) groups excluding carboxylic acids is 1. The van der Waals surface area contributed by atoms with E-state index >= 15 is 0 Å². The number of nitrogens with one attached hydrogen (secondary N) is 1. The van der Waals surface area contributed by atoms with Crippen molar-refractivity contribution in [3.05, 3.63) is 39.4 Å². The van der Waals surface area contributed by atoms with Crippen LogP contribution in [-0.4, -0.2) is 27.9 Å². The number of nitro groups is 1. The van der Waals surface area contributed by atoms with Crippen molar-refractivity contribution in [1.82, 2.24) is 5.32 Å².